The van der Waals surface area contributed by atoms with E-state index >= 15 is 0 Å². The van der Waals surface area contributed by atoms with Gasteiger partial charge in [-0.15, -0.1) is 0 Å². The van der Waals surface area contributed by atoms with Crippen molar-refractivity contribution in [3.63, 3.8) is 0 Å². The molecular weight excluding hydrogens is 377 g/mol. The lowest BCUT2D eigenvalue weighted by molar-refractivity contribution is -0.134. The monoisotopic (exact) mass is 393 g/mol. The molecule has 0 unspecified atom stereocenters. The number of ether oxygens (including phenoxy) is 2. The maximum Gasteiger partial charge on any atom is 0.221 e. The highest BCUT2D eigenvalue weighted by Crippen LogP contribution is 2.34. The van der Waals surface area contributed by atoms with E-state index in [2.05, 4.69) is 0 Å². The zero-order valence-corrected chi connectivity index (χ0v) is 15.5. The van der Waals surface area contributed by atoms with E-state index in [4.69, 9.17) is 32.7 Å². The van der Waals surface area contributed by atoms with E-state index in [0.29, 0.717) is 27.9 Å². The van der Waals surface area contributed by atoms with Crippen molar-refractivity contribution < 1.29 is 19.1 Å². The Morgan fingerprint density at radius 2 is 1.96 bits per heavy atom. The Kier molecular flexibility index (Phi) is 5.81. The van der Waals surface area contributed by atoms with Gasteiger partial charge in [0.15, 0.2) is 6.23 Å². The third kappa shape index (κ3) is 4.18. The van der Waals surface area contributed by atoms with Gasteiger partial charge >= 0.3 is 0 Å². The third-order valence-electron chi connectivity index (χ3n) is 4.09. The van der Waals surface area contributed by atoms with Crippen LogP contribution in [-0.4, -0.2) is 36.3 Å². The number of carbonyl (C=O) groups excluding carboxylic acids is 2. The summed E-state index contributed by atoms with van der Waals surface area (Å²) in [7, 11) is 0. The highest BCUT2D eigenvalue weighted by molar-refractivity contribution is 6.42. The van der Waals surface area contributed by atoms with Crippen LogP contribution in [-0.2, 0) is 9.53 Å². The summed E-state index contributed by atoms with van der Waals surface area (Å²) in [6.07, 6.45) is -0.0476. The molecule has 3 rings (SSSR count). The van der Waals surface area contributed by atoms with Gasteiger partial charge in [0.25, 0.3) is 0 Å². The van der Waals surface area contributed by atoms with Gasteiger partial charge in [-0.1, -0.05) is 29.3 Å². The molecule has 0 bridgehead atoms. The van der Waals surface area contributed by atoms with Crippen molar-refractivity contribution in [1.82, 2.24) is 4.90 Å². The van der Waals surface area contributed by atoms with E-state index in [0.717, 1.165) is 11.8 Å². The Morgan fingerprint density at radius 3 is 2.58 bits per heavy atom. The molecule has 136 valence electrons. The number of halogens is 2. The van der Waals surface area contributed by atoms with Gasteiger partial charge in [-0.05, 0) is 36.4 Å². The van der Waals surface area contributed by atoms with E-state index in [1.807, 2.05) is 0 Å². The van der Waals surface area contributed by atoms with E-state index < -0.39 is 6.23 Å². The molecule has 5 nitrogen and oxygen atoms in total. The second-order valence-electron chi connectivity index (χ2n) is 5.95. The fourth-order valence-corrected chi connectivity index (χ4v) is 3.06. The fraction of sp³-hybridized carbons (Fsp3) is 0.263. The van der Waals surface area contributed by atoms with Crippen molar-refractivity contribution >= 4 is 35.4 Å². The first-order chi connectivity index (χ1) is 12.5. The molecule has 2 aromatic rings. The maximum atomic E-state index is 12.0. The van der Waals surface area contributed by atoms with Gasteiger partial charge in [0.1, 0.15) is 24.7 Å². The smallest absolute Gasteiger partial charge is 0.221 e. The van der Waals surface area contributed by atoms with Gasteiger partial charge in [-0.25, -0.2) is 0 Å². The Balaban J connectivity index is 1.69. The van der Waals surface area contributed by atoms with E-state index in [-0.39, 0.29) is 18.6 Å². The summed E-state index contributed by atoms with van der Waals surface area (Å²) in [4.78, 5) is 24.3. The summed E-state index contributed by atoms with van der Waals surface area (Å²) in [5.74, 6) is 0.533. The van der Waals surface area contributed by atoms with Crippen LogP contribution < -0.4 is 4.74 Å². The number of aldehydes is 1. The number of hydrogen-bond acceptors (Lipinski definition) is 4. The molecule has 0 radical (unpaired) electrons. The molecule has 0 N–H and O–H groups in total. The van der Waals surface area contributed by atoms with Crippen LogP contribution in [0.2, 0.25) is 10.0 Å². The van der Waals surface area contributed by atoms with Gasteiger partial charge < -0.3 is 14.4 Å². The first kappa shape index (κ1) is 18.7. The fourth-order valence-electron chi connectivity index (χ4n) is 2.76. The number of carbonyl (C=O) groups is 2. The number of benzene rings is 2. The van der Waals surface area contributed by atoms with Crippen LogP contribution in [0.25, 0.3) is 0 Å². The Labute approximate surface area is 161 Å². The summed E-state index contributed by atoms with van der Waals surface area (Å²) >= 11 is 12.0. The van der Waals surface area contributed by atoms with Gasteiger partial charge in [-0.3, -0.25) is 9.59 Å². The number of hydrogen-bond donors (Lipinski definition) is 0. The largest absolute Gasteiger partial charge is 0.491 e. The van der Waals surface area contributed by atoms with Crippen molar-refractivity contribution in [1.29, 1.82) is 0 Å². The Bertz CT molecular complexity index is 810. The zero-order chi connectivity index (χ0) is 18.7. The van der Waals surface area contributed by atoms with Gasteiger partial charge in [0.2, 0.25) is 5.91 Å². The highest BCUT2D eigenvalue weighted by Gasteiger charge is 2.36. The standard InChI is InChI=1S/C19H17Cl2NO4/c1-12(24)22-9-16(11-25-15-5-2-13(10-23)3-6-15)26-19(22)14-4-7-17(20)18(21)8-14/h2-8,10,16,19H,9,11H2,1H3/t16-,19+/m1/s1. The number of nitrogens with zero attached hydrogens (tertiary/aromatic N) is 1. The molecule has 1 aliphatic heterocycles. The lowest BCUT2D eigenvalue weighted by Gasteiger charge is -2.22. The van der Waals surface area contributed by atoms with Crippen LogP contribution >= 0.6 is 23.2 Å². The minimum absolute atomic E-state index is 0.0982. The molecule has 1 amide bonds. The predicted molar refractivity (Wildman–Crippen MR) is 98.8 cm³/mol. The van der Waals surface area contributed by atoms with Gasteiger partial charge in [-0.2, -0.15) is 0 Å². The van der Waals surface area contributed by atoms with Crippen LogP contribution in [0.3, 0.4) is 0 Å². The molecule has 2 atom stereocenters. The molecule has 1 fully saturated rings. The summed E-state index contributed by atoms with van der Waals surface area (Å²) < 4.78 is 11.7. The first-order valence-corrected chi connectivity index (χ1v) is 8.79. The SMILES string of the molecule is CC(=O)N1C[C@H](COc2ccc(C=O)cc2)O[C@H]1c1ccc(Cl)c(Cl)c1. The van der Waals surface area contributed by atoms with Crippen LogP contribution in [0.5, 0.6) is 5.75 Å². The maximum absolute atomic E-state index is 12.0. The van der Waals surface area contributed by atoms with Crippen LogP contribution in [0.1, 0.15) is 29.1 Å². The van der Waals surface area contributed by atoms with Crippen LogP contribution in [0.4, 0.5) is 0 Å². The molecule has 1 heterocycles. The lowest BCUT2D eigenvalue weighted by atomic mass is 10.2. The van der Waals surface area contributed by atoms with Crippen molar-refractivity contribution in [3.05, 3.63) is 63.6 Å². The topological polar surface area (TPSA) is 55.8 Å². The van der Waals surface area contributed by atoms with Crippen LogP contribution in [0.15, 0.2) is 42.5 Å². The van der Waals surface area contributed by atoms with Crippen molar-refractivity contribution in [2.24, 2.45) is 0 Å². The zero-order valence-electron chi connectivity index (χ0n) is 14.0. The molecule has 1 saturated heterocycles. The summed E-state index contributed by atoms with van der Waals surface area (Å²) in [5, 5.41) is 0.854. The quantitative estimate of drug-likeness (QED) is 0.716. The summed E-state index contributed by atoms with van der Waals surface area (Å²) in [5.41, 5.74) is 1.34. The average molecular weight is 394 g/mol. The summed E-state index contributed by atoms with van der Waals surface area (Å²) in [6, 6.07) is 12.0. The van der Waals surface area contributed by atoms with E-state index in [1.54, 1.807) is 47.4 Å². The highest BCUT2D eigenvalue weighted by atomic mass is 35.5. The third-order valence-corrected chi connectivity index (χ3v) is 4.83. The molecule has 7 heteroatoms. The molecular formula is C19H17Cl2NO4. The van der Waals surface area contributed by atoms with Gasteiger partial charge in [0, 0.05) is 18.1 Å². The minimum atomic E-state index is -0.534. The Morgan fingerprint density at radius 1 is 1.23 bits per heavy atom. The number of rotatable bonds is 5. The van der Waals surface area contributed by atoms with Crippen molar-refractivity contribution in [3.8, 4) is 5.75 Å². The molecule has 26 heavy (non-hydrogen) atoms. The average Bonchev–Trinajstić information content (AvgIpc) is 3.07. The van der Waals surface area contributed by atoms with Crippen molar-refractivity contribution in [2.45, 2.75) is 19.3 Å². The van der Waals surface area contributed by atoms with E-state index in [1.165, 1.54) is 6.92 Å². The number of amides is 1. The molecule has 0 aromatic heterocycles. The summed E-state index contributed by atoms with van der Waals surface area (Å²) in [6.45, 7) is 2.18. The molecule has 1 aliphatic rings. The first-order valence-electron chi connectivity index (χ1n) is 8.03. The molecule has 0 spiro atoms. The van der Waals surface area contributed by atoms with Crippen molar-refractivity contribution in [2.75, 3.05) is 13.2 Å². The molecule has 0 saturated carbocycles. The predicted octanol–water partition coefficient (Wildman–Crippen LogP) is 4.13. The van der Waals surface area contributed by atoms with E-state index in [9.17, 15) is 9.59 Å². The second kappa shape index (κ2) is 8.08. The molecule has 2 aromatic carbocycles. The Hall–Kier alpha value is -2.08. The second-order valence-corrected chi connectivity index (χ2v) is 6.77. The van der Waals surface area contributed by atoms with Crippen LogP contribution in [0, 0.1) is 0 Å². The lowest BCUT2D eigenvalue weighted by Crippen LogP contribution is -2.30. The minimum Gasteiger partial charge on any atom is -0.491 e. The van der Waals surface area contributed by atoms with Gasteiger partial charge in [0.05, 0.1) is 16.6 Å². The molecule has 0 aliphatic carbocycles. The normalized spacial score (nSPS) is 19.4.